The van der Waals surface area contributed by atoms with Gasteiger partial charge in [0.1, 0.15) is 11.3 Å². The van der Waals surface area contributed by atoms with E-state index in [1.807, 2.05) is 13.8 Å². The number of hydrogen-bond acceptors (Lipinski definition) is 5. The maximum Gasteiger partial charge on any atom is 0.339 e. The van der Waals surface area contributed by atoms with Crippen LogP contribution in [0.3, 0.4) is 0 Å². The second-order valence-electron chi connectivity index (χ2n) is 5.12. The molecule has 0 radical (unpaired) electrons. The average molecular weight is 317 g/mol. The number of carbonyl (C=O) groups is 1. The Hall–Kier alpha value is -1.64. The van der Waals surface area contributed by atoms with E-state index in [1.54, 1.807) is 0 Å². The van der Waals surface area contributed by atoms with Crippen molar-refractivity contribution >= 4 is 16.0 Å². The van der Waals surface area contributed by atoms with Crippen molar-refractivity contribution < 1.29 is 28.5 Å². The van der Waals surface area contributed by atoms with E-state index in [0.29, 0.717) is 6.42 Å². The third-order valence-electron chi connectivity index (χ3n) is 2.76. The summed E-state index contributed by atoms with van der Waals surface area (Å²) in [4.78, 5) is 10.6. The monoisotopic (exact) mass is 317 g/mol. The number of aliphatic hydroxyl groups is 1. The van der Waals surface area contributed by atoms with Gasteiger partial charge < -0.3 is 15.3 Å². The lowest BCUT2D eigenvalue weighted by Crippen LogP contribution is -2.32. The summed E-state index contributed by atoms with van der Waals surface area (Å²) in [6.07, 6.45) is -0.380. The first-order valence-corrected chi connectivity index (χ1v) is 7.86. The first-order chi connectivity index (χ1) is 9.63. The van der Waals surface area contributed by atoms with E-state index >= 15 is 0 Å². The summed E-state index contributed by atoms with van der Waals surface area (Å²) >= 11 is 0. The Bertz CT molecular complexity index is 611. The molecule has 8 heteroatoms. The largest absolute Gasteiger partial charge is 0.507 e. The number of carboxylic acid groups (broad SMARTS) is 1. The fourth-order valence-electron chi connectivity index (χ4n) is 1.77. The van der Waals surface area contributed by atoms with Gasteiger partial charge in [0.2, 0.25) is 10.0 Å². The Morgan fingerprint density at radius 3 is 2.48 bits per heavy atom. The molecule has 1 rings (SSSR count). The van der Waals surface area contributed by atoms with Crippen molar-refractivity contribution in [2.45, 2.75) is 31.3 Å². The molecule has 0 aliphatic carbocycles. The van der Waals surface area contributed by atoms with Crippen molar-refractivity contribution in [3.8, 4) is 5.75 Å². The zero-order valence-electron chi connectivity index (χ0n) is 11.8. The number of phenols is 1. The van der Waals surface area contributed by atoms with E-state index in [0.717, 1.165) is 18.2 Å². The number of aromatic hydroxyl groups is 1. The zero-order chi connectivity index (χ0) is 16.2. The molecule has 21 heavy (non-hydrogen) atoms. The van der Waals surface area contributed by atoms with Gasteiger partial charge in [-0.15, -0.1) is 0 Å². The summed E-state index contributed by atoms with van der Waals surface area (Å²) in [6, 6.07) is 2.97. The average Bonchev–Trinajstić information content (AvgIpc) is 2.35. The maximum absolute atomic E-state index is 12.0. The van der Waals surface area contributed by atoms with Crippen molar-refractivity contribution in [1.82, 2.24) is 4.72 Å². The molecule has 0 heterocycles. The van der Waals surface area contributed by atoms with Crippen LogP contribution in [-0.2, 0) is 10.0 Å². The van der Waals surface area contributed by atoms with Crippen LogP contribution < -0.4 is 4.72 Å². The highest BCUT2D eigenvalue weighted by atomic mass is 32.2. The number of hydrogen-bond donors (Lipinski definition) is 4. The summed E-state index contributed by atoms with van der Waals surface area (Å²) in [5, 5.41) is 27.9. The van der Waals surface area contributed by atoms with E-state index in [4.69, 9.17) is 5.11 Å². The van der Waals surface area contributed by atoms with E-state index in [9.17, 15) is 23.4 Å². The lowest BCUT2D eigenvalue weighted by atomic mass is 10.1. The first-order valence-electron chi connectivity index (χ1n) is 6.37. The number of aromatic carboxylic acids is 1. The zero-order valence-corrected chi connectivity index (χ0v) is 12.6. The van der Waals surface area contributed by atoms with Crippen LogP contribution in [0.4, 0.5) is 0 Å². The number of aliphatic hydroxyl groups excluding tert-OH is 1. The lowest BCUT2D eigenvalue weighted by Gasteiger charge is -2.14. The van der Waals surface area contributed by atoms with Gasteiger partial charge >= 0.3 is 5.97 Å². The molecule has 1 atom stereocenters. The summed E-state index contributed by atoms with van der Waals surface area (Å²) in [5.74, 6) is -1.72. The van der Waals surface area contributed by atoms with Crippen LogP contribution in [0.15, 0.2) is 23.1 Å². The van der Waals surface area contributed by atoms with E-state index in [1.165, 1.54) is 0 Å². The molecule has 1 aromatic carbocycles. The molecular formula is C13H19NO6S. The molecule has 4 N–H and O–H groups in total. The Morgan fingerprint density at radius 2 is 1.95 bits per heavy atom. The lowest BCUT2D eigenvalue weighted by molar-refractivity contribution is 0.0693. The molecule has 1 aromatic rings. The van der Waals surface area contributed by atoms with Crippen LogP contribution in [0.25, 0.3) is 0 Å². The van der Waals surface area contributed by atoms with Crippen LogP contribution in [0.5, 0.6) is 5.75 Å². The maximum atomic E-state index is 12.0. The smallest absolute Gasteiger partial charge is 0.339 e. The standard InChI is InChI=1S/C13H19NO6S/c1-8(2)5-9(15)7-14-21(19,20)10-3-4-12(16)11(6-10)13(17)18/h3-4,6,8-9,14-16H,5,7H2,1-2H3,(H,17,18). The van der Waals surface area contributed by atoms with Crippen molar-refractivity contribution in [3.05, 3.63) is 23.8 Å². The second kappa shape index (κ2) is 6.88. The van der Waals surface area contributed by atoms with Gasteiger partial charge in [0, 0.05) is 6.54 Å². The van der Waals surface area contributed by atoms with Gasteiger partial charge in [-0.1, -0.05) is 13.8 Å². The number of benzene rings is 1. The predicted octanol–water partition coefficient (Wildman–Crippen LogP) is 0.776. The van der Waals surface area contributed by atoms with Crippen LogP contribution in [0.1, 0.15) is 30.6 Å². The molecule has 0 fully saturated rings. The number of sulfonamides is 1. The molecule has 0 bridgehead atoms. The van der Waals surface area contributed by atoms with Gasteiger partial charge in [-0.05, 0) is 30.5 Å². The van der Waals surface area contributed by atoms with E-state index in [2.05, 4.69) is 4.72 Å². The van der Waals surface area contributed by atoms with Crippen LogP contribution >= 0.6 is 0 Å². The Kier molecular flexibility index (Phi) is 5.70. The van der Waals surface area contributed by atoms with Crippen molar-refractivity contribution in [1.29, 1.82) is 0 Å². The Morgan fingerprint density at radius 1 is 1.33 bits per heavy atom. The van der Waals surface area contributed by atoms with E-state index in [-0.39, 0.29) is 17.4 Å². The summed E-state index contributed by atoms with van der Waals surface area (Å²) in [5.41, 5.74) is -0.499. The topological polar surface area (TPSA) is 124 Å². The summed E-state index contributed by atoms with van der Waals surface area (Å²) in [6.45, 7) is 3.64. The Balaban J connectivity index is 2.88. The molecule has 0 aliphatic heterocycles. The third-order valence-corrected chi connectivity index (χ3v) is 4.18. The quantitative estimate of drug-likeness (QED) is 0.589. The minimum atomic E-state index is -3.95. The number of carboxylic acids is 1. The molecule has 118 valence electrons. The summed E-state index contributed by atoms with van der Waals surface area (Å²) < 4.78 is 26.2. The highest BCUT2D eigenvalue weighted by Crippen LogP contribution is 2.21. The van der Waals surface area contributed by atoms with Crippen molar-refractivity contribution in [2.24, 2.45) is 5.92 Å². The normalized spacial score (nSPS) is 13.3. The van der Waals surface area contributed by atoms with Gasteiger partial charge in [-0.2, -0.15) is 0 Å². The fourth-order valence-corrected chi connectivity index (χ4v) is 2.87. The fraction of sp³-hybridized carbons (Fsp3) is 0.462. The predicted molar refractivity (Wildman–Crippen MR) is 75.7 cm³/mol. The van der Waals surface area contributed by atoms with Gasteiger partial charge in [0.05, 0.1) is 11.0 Å². The molecule has 1 unspecified atom stereocenters. The van der Waals surface area contributed by atoms with Gasteiger partial charge in [0.15, 0.2) is 0 Å². The highest BCUT2D eigenvalue weighted by molar-refractivity contribution is 7.89. The van der Waals surface area contributed by atoms with Crippen LogP contribution in [0.2, 0.25) is 0 Å². The van der Waals surface area contributed by atoms with E-state index < -0.39 is 33.4 Å². The molecule has 0 saturated heterocycles. The van der Waals surface area contributed by atoms with Gasteiger partial charge in [-0.25, -0.2) is 17.9 Å². The van der Waals surface area contributed by atoms with Crippen molar-refractivity contribution in [3.63, 3.8) is 0 Å². The molecule has 0 saturated carbocycles. The molecular weight excluding hydrogens is 298 g/mol. The second-order valence-corrected chi connectivity index (χ2v) is 6.89. The van der Waals surface area contributed by atoms with Crippen LogP contribution in [-0.4, -0.2) is 42.4 Å². The Labute approximate surface area is 123 Å². The molecule has 0 aromatic heterocycles. The molecule has 0 aliphatic rings. The minimum Gasteiger partial charge on any atom is -0.507 e. The number of rotatable bonds is 7. The van der Waals surface area contributed by atoms with Crippen molar-refractivity contribution in [2.75, 3.05) is 6.54 Å². The third kappa shape index (κ3) is 5.00. The molecule has 7 nitrogen and oxygen atoms in total. The first kappa shape index (κ1) is 17.4. The van der Waals surface area contributed by atoms with Crippen LogP contribution in [0, 0.1) is 5.92 Å². The minimum absolute atomic E-state index is 0.163. The number of nitrogens with one attached hydrogen (secondary N) is 1. The highest BCUT2D eigenvalue weighted by Gasteiger charge is 2.20. The van der Waals surface area contributed by atoms with Gasteiger partial charge in [-0.3, -0.25) is 0 Å². The molecule has 0 spiro atoms. The SMILES string of the molecule is CC(C)CC(O)CNS(=O)(=O)c1ccc(O)c(C(=O)O)c1. The summed E-state index contributed by atoms with van der Waals surface area (Å²) in [7, 11) is -3.95. The molecule has 0 amide bonds. The van der Waals surface area contributed by atoms with Gasteiger partial charge in [0.25, 0.3) is 0 Å².